The van der Waals surface area contributed by atoms with Gasteiger partial charge in [-0.05, 0) is 30.5 Å². The normalized spacial score (nSPS) is 13.5. The zero-order valence-corrected chi connectivity index (χ0v) is 12.2. The van der Waals surface area contributed by atoms with Gasteiger partial charge in [0.2, 0.25) is 10.0 Å². The van der Waals surface area contributed by atoms with Crippen LogP contribution in [0.4, 0.5) is 0 Å². The van der Waals surface area contributed by atoms with Crippen LogP contribution < -0.4 is 4.72 Å². The van der Waals surface area contributed by atoms with E-state index in [1.165, 1.54) is 0 Å². The average Bonchev–Trinajstić information content (AvgIpc) is 2.35. The third kappa shape index (κ3) is 6.14. The molecule has 0 fully saturated rings. The molecule has 0 spiro atoms. The van der Waals surface area contributed by atoms with Gasteiger partial charge in [-0.15, -0.1) is 0 Å². The number of sulfonamides is 1. The lowest BCUT2D eigenvalue weighted by atomic mass is 10.2. The number of aryl methyl sites for hydroxylation is 1. The van der Waals surface area contributed by atoms with Gasteiger partial charge in [0.25, 0.3) is 0 Å². The molecule has 0 aliphatic carbocycles. The van der Waals surface area contributed by atoms with Gasteiger partial charge in [0.1, 0.15) is 0 Å². The lowest BCUT2D eigenvalue weighted by Gasteiger charge is -2.09. The summed E-state index contributed by atoms with van der Waals surface area (Å²) in [6, 6.07) is 3.66. The predicted octanol–water partition coefficient (Wildman–Crippen LogP) is 1.72. The van der Waals surface area contributed by atoms with Crippen molar-refractivity contribution in [2.45, 2.75) is 24.6 Å². The molecule has 0 aliphatic rings. The van der Waals surface area contributed by atoms with Crippen LogP contribution in [0.2, 0.25) is 0 Å². The number of pyridine rings is 1. The van der Waals surface area contributed by atoms with E-state index in [0.29, 0.717) is 13.0 Å². The van der Waals surface area contributed by atoms with Crippen LogP contribution in [0.5, 0.6) is 0 Å². The zero-order valence-electron chi connectivity index (χ0n) is 9.77. The monoisotopic (exact) mass is 320 g/mol. The van der Waals surface area contributed by atoms with Crippen LogP contribution in [0.3, 0.4) is 0 Å². The summed E-state index contributed by atoms with van der Waals surface area (Å²) >= 11 is 3.39. The maximum atomic E-state index is 11.7. The topological polar surface area (TPSA) is 59.1 Å². The van der Waals surface area contributed by atoms with Crippen molar-refractivity contribution in [2.75, 3.05) is 12.3 Å². The Morgan fingerprint density at radius 2 is 2.06 bits per heavy atom. The molecule has 1 heterocycles. The Morgan fingerprint density at radius 3 is 2.65 bits per heavy atom. The summed E-state index contributed by atoms with van der Waals surface area (Å²) < 4.78 is 25.9. The molecule has 0 radical (unpaired) electrons. The summed E-state index contributed by atoms with van der Waals surface area (Å²) in [7, 11) is -3.19. The summed E-state index contributed by atoms with van der Waals surface area (Å²) in [5.74, 6) is 0.112. The van der Waals surface area contributed by atoms with E-state index in [1.807, 2.05) is 19.1 Å². The third-order valence-electron chi connectivity index (χ3n) is 2.38. The second-order valence-corrected chi connectivity index (χ2v) is 7.00. The highest BCUT2D eigenvalue weighted by molar-refractivity contribution is 9.09. The summed E-state index contributed by atoms with van der Waals surface area (Å²) in [6.45, 7) is 2.44. The highest BCUT2D eigenvalue weighted by atomic mass is 79.9. The van der Waals surface area contributed by atoms with E-state index in [2.05, 4.69) is 25.6 Å². The van der Waals surface area contributed by atoms with Crippen molar-refractivity contribution < 1.29 is 8.42 Å². The van der Waals surface area contributed by atoms with Gasteiger partial charge in [-0.3, -0.25) is 4.98 Å². The highest BCUT2D eigenvalue weighted by Crippen LogP contribution is 2.04. The van der Waals surface area contributed by atoms with Crippen molar-refractivity contribution in [3.05, 3.63) is 30.1 Å². The minimum atomic E-state index is -3.19. The van der Waals surface area contributed by atoms with Crippen molar-refractivity contribution in [2.24, 2.45) is 0 Å². The van der Waals surface area contributed by atoms with E-state index in [0.717, 1.165) is 12.0 Å². The molecule has 4 nitrogen and oxygen atoms in total. The number of hydrogen-bond acceptors (Lipinski definition) is 3. The Morgan fingerprint density at radius 1 is 1.41 bits per heavy atom. The Balaban J connectivity index is 2.40. The maximum Gasteiger partial charge on any atom is 0.211 e. The van der Waals surface area contributed by atoms with Gasteiger partial charge in [-0.25, -0.2) is 13.1 Å². The van der Waals surface area contributed by atoms with Crippen molar-refractivity contribution in [1.29, 1.82) is 0 Å². The molecule has 96 valence electrons. The molecule has 17 heavy (non-hydrogen) atoms. The Kier molecular flexibility index (Phi) is 6.08. The van der Waals surface area contributed by atoms with Crippen LogP contribution in [0, 0.1) is 0 Å². The molecule has 0 amide bonds. The van der Waals surface area contributed by atoms with E-state index in [9.17, 15) is 8.42 Å². The minimum Gasteiger partial charge on any atom is -0.265 e. The van der Waals surface area contributed by atoms with Crippen molar-refractivity contribution >= 4 is 26.0 Å². The zero-order chi connectivity index (χ0) is 12.7. The van der Waals surface area contributed by atoms with E-state index < -0.39 is 10.0 Å². The second kappa shape index (κ2) is 7.08. The molecule has 0 aromatic carbocycles. The molecule has 1 N–H and O–H groups in total. The van der Waals surface area contributed by atoms with Gasteiger partial charge in [0, 0.05) is 23.8 Å². The number of hydrogen-bond donors (Lipinski definition) is 1. The Hall–Kier alpha value is -0.460. The van der Waals surface area contributed by atoms with Gasteiger partial charge in [-0.2, -0.15) is 0 Å². The van der Waals surface area contributed by atoms with Crippen LogP contribution in [-0.4, -0.2) is 30.5 Å². The second-order valence-electron chi connectivity index (χ2n) is 3.78. The first-order valence-corrected chi connectivity index (χ1v) is 8.10. The Bertz CT molecular complexity index is 422. The van der Waals surface area contributed by atoms with Crippen LogP contribution in [0.1, 0.15) is 18.9 Å². The Labute approximate surface area is 111 Å². The fourth-order valence-corrected chi connectivity index (χ4v) is 2.72. The molecular weight excluding hydrogens is 304 g/mol. The lowest BCUT2D eigenvalue weighted by Crippen LogP contribution is -2.32. The molecule has 0 aliphatic heterocycles. The van der Waals surface area contributed by atoms with Crippen molar-refractivity contribution in [1.82, 2.24) is 9.71 Å². The SMILES string of the molecule is CCC(Br)CNS(=O)(=O)CCc1ccncc1. The van der Waals surface area contributed by atoms with E-state index in [4.69, 9.17) is 0 Å². The third-order valence-corrected chi connectivity index (χ3v) is 4.70. The standard InChI is InChI=1S/C11H17BrN2O2S/c1-2-11(12)9-14-17(15,16)8-5-10-3-6-13-7-4-10/h3-4,6-7,11,14H,2,5,8-9H2,1H3. The van der Waals surface area contributed by atoms with Crippen LogP contribution in [0.25, 0.3) is 0 Å². The van der Waals surface area contributed by atoms with Crippen molar-refractivity contribution in [3.63, 3.8) is 0 Å². The van der Waals surface area contributed by atoms with E-state index in [-0.39, 0.29) is 10.6 Å². The van der Waals surface area contributed by atoms with Crippen LogP contribution in [-0.2, 0) is 16.4 Å². The number of rotatable bonds is 7. The first-order chi connectivity index (χ1) is 8.03. The number of alkyl halides is 1. The number of nitrogens with zero attached hydrogens (tertiary/aromatic N) is 1. The molecule has 1 aromatic rings. The molecule has 0 saturated carbocycles. The van der Waals surface area contributed by atoms with Gasteiger partial charge < -0.3 is 0 Å². The summed E-state index contributed by atoms with van der Waals surface area (Å²) in [5.41, 5.74) is 0.983. The van der Waals surface area contributed by atoms with Gasteiger partial charge >= 0.3 is 0 Å². The number of aromatic nitrogens is 1. The van der Waals surface area contributed by atoms with Crippen LogP contribution >= 0.6 is 15.9 Å². The first kappa shape index (κ1) is 14.6. The maximum absolute atomic E-state index is 11.7. The van der Waals surface area contributed by atoms with Crippen LogP contribution in [0.15, 0.2) is 24.5 Å². The van der Waals surface area contributed by atoms with Gasteiger partial charge in [0.05, 0.1) is 5.75 Å². The summed E-state index contributed by atoms with van der Waals surface area (Å²) in [6.07, 6.45) is 4.74. The smallest absolute Gasteiger partial charge is 0.211 e. The molecule has 6 heteroatoms. The predicted molar refractivity (Wildman–Crippen MR) is 72.7 cm³/mol. The van der Waals surface area contributed by atoms with Crippen molar-refractivity contribution in [3.8, 4) is 0 Å². The molecule has 1 rings (SSSR count). The van der Waals surface area contributed by atoms with E-state index >= 15 is 0 Å². The van der Waals surface area contributed by atoms with Gasteiger partial charge in [0.15, 0.2) is 0 Å². The average molecular weight is 321 g/mol. The quantitative estimate of drug-likeness (QED) is 0.778. The molecule has 1 unspecified atom stereocenters. The molecular formula is C11H17BrN2O2S. The fourth-order valence-electron chi connectivity index (χ4n) is 1.24. The minimum absolute atomic E-state index is 0.112. The number of halogens is 1. The summed E-state index contributed by atoms with van der Waals surface area (Å²) in [4.78, 5) is 4.08. The molecule has 0 bridgehead atoms. The summed E-state index contributed by atoms with van der Waals surface area (Å²) in [5, 5.41) is 0. The first-order valence-electron chi connectivity index (χ1n) is 5.54. The largest absolute Gasteiger partial charge is 0.265 e. The van der Waals surface area contributed by atoms with E-state index in [1.54, 1.807) is 12.4 Å². The fraction of sp³-hybridized carbons (Fsp3) is 0.545. The van der Waals surface area contributed by atoms with Gasteiger partial charge in [-0.1, -0.05) is 22.9 Å². The number of nitrogens with one attached hydrogen (secondary N) is 1. The molecule has 1 aromatic heterocycles. The molecule has 1 atom stereocenters. The highest BCUT2D eigenvalue weighted by Gasteiger charge is 2.11. The lowest BCUT2D eigenvalue weighted by molar-refractivity contribution is 0.579. The molecule has 0 saturated heterocycles.